The number of carbonyl (C=O) groups excluding carboxylic acids is 2. The van der Waals surface area contributed by atoms with Crippen molar-refractivity contribution in [1.29, 1.82) is 0 Å². The van der Waals surface area contributed by atoms with Gasteiger partial charge in [-0.25, -0.2) is 4.79 Å². The van der Waals surface area contributed by atoms with Crippen LogP contribution in [0.1, 0.15) is 0 Å². The number of imide groups is 1. The van der Waals surface area contributed by atoms with Crippen molar-refractivity contribution in [3.63, 3.8) is 0 Å². The first-order chi connectivity index (χ1) is 14.6. The Kier molecular flexibility index (Phi) is 6.34. The van der Waals surface area contributed by atoms with E-state index in [4.69, 9.17) is 14.5 Å². The van der Waals surface area contributed by atoms with Crippen LogP contribution in [0.3, 0.4) is 0 Å². The van der Waals surface area contributed by atoms with Gasteiger partial charge in [0.05, 0.1) is 26.3 Å². The van der Waals surface area contributed by atoms with Crippen LogP contribution >= 0.6 is 0 Å². The van der Waals surface area contributed by atoms with Gasteiger partial charge in [0, 0.05) is 26.7 Å². The number of carbonyl (C=O) groups is 2. The quantitative estimate of drug-likeness (QED) is 0.620. The number of guanidine groups is 1. The summed E-state index contributed by atoms with van der Waals surface area (Å²) in [7, 11) is 1.67. The first kappa shape index (κ1) is 20.4. The Bertz CT molecular complexity index is 783. The lowest BCUT2D eigenvalue weighted by Gasteiger charge is -2.35. The summed E-state index contributed by atoms with van der Waals surface area (Å²) >= 11 is 0. The molecule has 2 unspecified atom stereocenters. The number of nitrogens with one attached hydrogen (secondary N) is 2. The van der Waals surface area contributed by atoms with Gasteiger partial charge in [0.15, 0.2) is 12.0 Å². The van der Waals surface area contributed by atoms with Gasteiger partial charge in [-0.2, -0.15) is 0 Å². The molecule has 0 aliphatic carbocycles. The smallest absolute Gasteiger partial charge is 0.325 e. The van der Waals surface area contributed by atoms with Gasteiger partial charge >= 0.3 is 6.03 Å². The highest BCUT2D eigenvalue weighted by atomic mass is 16.5. The monoisotopic (exact) mass is 416 g/mol. The van der Waals surface area contributed by atoms with Crippen molar-refractivity contribution in [2.24, 2.45) is 4.99 Å². The van der Waals surface area contributed by atoms with Gasteiger partial charge in [-0.15, -0.1) is 0 Å². The van der Waals surface area contributed by atoms with E-state index in [0.29, 0.717) is 25.7 Å². The van der Waals surface area contributed by atoms with Crippen LogP contribution in [0, 0.1) is 0 Å². The Morgan fingerprint density at radius 2 is 1.93 bits per heavy atom. The number of likely N-dealkylation sites (N-methyl/N-ethyl adjacent to an activating group) is 1. The number of hydrogen-bond acceptors (Lipinski definition) is 6. The molecule has 0 bridgehead atoms. The SMILES string of the molecule is CN1C(=O)NC(=O)C2C1NC(=NCCN1CCOCC1)N2CCOc1ccccc1. The Labute approximate surface area is 175 Å². The summed E-state index contributed by atoms with van der Waals surface area (Å²) in [6.07, 6.45) is -0.454. The van der Waals surface area contributed by atoms with Crippen LogP contribution in [0.4, 0.5) is 4.79 Å². The Hall–Kier alpha value is -2.85. The molecule has 10 nitrogen and oxygen atoms in total. The molecule has 3 aliphatic heterocycles. The second-order valence-corrected chi connectivity index (χ2v) is 7.45. The zero-order valence-corrected chi connectivity index (χ0v) is 17.1. The lowest BCUT2D eigenvalue weighted by molar-refractivity contribution is -0.127. The zero-order chi connectivity index (χ0) is 20.9. The van der Waals surface area contributed by atoms with Crippen molar-refractivity contribution in [3.05, 3.63) is 30.3 Å². The Morgan fingerprint density at radius 3 is 2.70 bits per heavy atom. The molecular weight excluding hydrogens is 388 g/mol. The fourth-order valence-electron chi connectivity index (χ4n) is 3.87. The largest absolute Gasteiger partial charge is 0.492 e. The number of para-hydroxylation sites is 1. The molecule has 30 heavy (non-hydrogen) atoms. The van der Waals surface area contributed by atoms with Crippen LogP contribution in [0.5, 0.6) is 5.75 Å². The van der Waals surface area contributed by atoms with Gasteiger partial charge in [0.1, 0.15) is 18.5 Å². The van der Waals surface area contributed by atoms with E-state index in [2.05, 4.69) is 15.5 Å². The number of ether oxygens (including phenoxy) is 2. The molecule has 3 fully saturated rings. The van der Waals surface area contributed by atoms with Gasteiger partial charge < -0.3 is 24.6 Å². The van der Waals surface area contributed by atoms with Gasteiger partial charge in [0.2, 0.25) is 0 Å². The third-order valence-electron chi connectivity index (χ3n) is 5.55. The molecule has 0 saturated carbocycles. The zero-order valence-electron chi connectivity index (χ0n) is 17.1. The van der Waals surface area contributed by atoms with Crippen LogP contribution in [-0.4, -0.2) is 104 Å². The molecule has 3 amide bonds. The fourth-order valence-corrected chi connectivity index (χ4v) is 3.87. The van der Waals surface area contributed by atoms with Crippen molar-refractivity contribution in [1.82, 2.24) is 25.3 Å². The van der Waals surface area contributed by atoms with E-state index in [9.17, 15) is 9.59 Å². The van der Waals surface area contributed by atoms with E-state index >= 15 is 0 Å². The van der Waals surface area contributed by atoms with E-state index in [-0.39, 0.29) is 5.91 Å². The number of amides is 3. The molecule has 3 aliphatic rings. The number of rotatable bonds is 7. The standard InChI is InChI=1S/C20H28N6O4/c1-24-17-16(18(27)23-20(24)28)26(11-14-30-15-5-3-2-4-6-15)19(22-17)21-7-8-25-9-12-29-13-10-25/h2-6,16-17H,7-14H2,1H3,(H,21,22)(H,23,27,28). The van der Waals surface area contributed by atoms with Crippen molar-refractivity contribution in [2.45, 2.75) is 12.2 Å². The average molecular weight is 416 g/mol. The van der Waals surface area contributed by atoms with E-state index in [1.54, 1.807) is 7.05 Å². The van der Waals surface area contributed by atoms with Gasteiger partial charge in [0.25, 0.3) is 5.91 Å². The minimum Gasteiger partial charge on any atom is -0.492 e. The van der Waals surface area contributed by atoms with Crippen molar-refractivity contribution in [2.75, 3.05) is 59.6 Å². The third-order valence-corrected chi connectivity index (χ3v) is 5.55. The lowest BCUT2D eigenvalue weighted by atomic mass is 10.1. The predicted molar refractivity (Wildman–Crippen MR) is 110 cm³/mol. The minimum atomic E-state index is -0.547. The second-order valence-electron chi connectivity index (χ2n) is 7.45. The summed E-state index contributed by atoms with van der Waals surface area (Å²) in [4.78, 5) is 35.0. The summed E-state index contributed by atoms with van der Waals surface area (Å²) in [6, 6.07) is 8.58. The predicted octanol–water partition coefficient (Wildman–Crippen LogP) is -0.465. The number of urea groups is 1. The summed E-state index contributed by atoms with van der Waals surface area (Å²) < 4.78 is 11.2. The maximum Gasteiger partial charge on any atom is 0.325 e. The van der Waals surface area contributed by atoms with E-state index < -0.39 is 18.2 Å². The fraction of sp³-hybridized carbons (Fsp3) is 0.550. The Morgan fingerprint density at radius 1 is 1.17 bits per heavy atom. The van der Waals surface area contributed by atoms with Crippen molar-refractivity contribution < 1.29 is 19.1 Å². The summed E-state index contributed by atoms with van der Waals surface area (Å²) in [6.45, 7) is 5.56. The molecule has 10 heteroatoms. The van der Waals surface area contributed by atoms with Gasteiger partial charge in [-0.1, -0.05) is 18.2 Å². The topological polar surface area (TPSA) is 98.7 Å². The number of aliphatic imine (C=N–C) groups is 1. The normalized spacial score (nSPS) is 25.8. The molecule has 1 aromatic rings. The highest BCUT2D eigenvalue weighted by molar-refractivity contribution is 6.04. The van der Waals surface area contributed by atoms with Crippen LogP contribution < -0.4 is 15.4 Å². The molecule has 162 valence electrons. The second kappa shape index (κ2) is 9.31. The molecule has 4 rings (SSSR count). The first-order valence-corrected chi connectivity index (χ1v) is 10.3. The van der Waals surface area contributed by atoms with E-state index in [1.807, 2.05) is 35.2 Å². The number of hydrogen-bond donors (Lipinski definition) is 2. The molecule has 0 aromatic heterocycles. The molecule has 0 radical (unpaired) electrons. The molecule has 3 heterocycles. The van der Waals surface area contributed by atoms with Crippen molar-refractivity contribution in [3.8, 4) is 5.75 Å². The van der Waals surface area contributed by atoms with Crippen LogP contribution in [0.15, 0.2) is 35.3 Å². The van der Waals surface area contributed by atoms with Crippen LogP contribution in [-0.2, 0) is 9.53 Å². The number of fused-ring (bicyclic) bond motifs is 1. The molecule has 1 aromatic carbocycles. The Balaban J connectivity index is 1.43. The van der Waals surface area contributed by atoms with Gasteiger partial charge in [-0.3, -0.25) is 20.0 Å². The van der Waals surface area contributed by atoms with Crippen LogP contribution in [0.2, 0.25) is 0 Å². The number of nitrogens with zero attached hydrogens (tertiary/aromatic N) is 4. The van der Waals surface area contributed by atoms with Crippen molar-refractivity contribution >= 4 is 17.9 Å². The number of morpholine rings is 1. The summed E-state index contributed by atoms with van der Waals surface area (Å²) in [5.74, 6) is 1.06. The van der Waals surface area contributed by atoms with Crippen LogP contribution in [0.25, 0.3) is 0 Å². The maximum atomic E-state index is 12.6. The highest BCUT2D eigenvalue weighted by Gasteiger charge is 2.49. The number of benzene rings is 1. The maximum absolute atomic E-state index is 12.6. The molecule has 3 saturated heterocycles. The highest BCUT2D eigenvalue weighted by Crippen LogP contribution is 2.20. The summed E-state index contributed by atoms with van der Waals surface area (Å²) in [5, 5.41) is 5.68. The summed E-state index contributed by atoms with van der Waals surface area (Å²) in [5.41, 5.74) is 0. The van der Waals surface area contributed by atoms with E-state index in [0.717, 1.165) is 38.6 Å². The average Bonchev–Trinajstić information content (AvgIpc) is 3.13. The molecule has 2 N–H and O–H groups in total. The van der Waals surface area contributed by atoms with Gasteiger partial charge in [-0.05, 0) is 12.1 Å². The lowest BCUT2D eigenvalue weighted by Crippen LogP contribution is -2.65. The first-order valence-electron chi connectivity index (χ1n) is 10.3. The minimum absolute atomic E-state index is 0.325. The van der Waals surface area contributed by atoms with E-state index in [1.165, 1.54) is 4.90 Å². The molecule has 2 atom stereocenters. The molecular formula is C20H28N6O4. The third kappa shape index (κ3) is 4.49. The molecule has 0 spiro atoms.